The lowest BCUT2D eigenvalue weighted by molar-refractivity contribution is -0.384. The van der Waals surface area contributed by atoms with Gasteiger partial charge in [0.15, 0.2) is 4.80 Å². The van der Waals surface area contributed by atoms with Crippen molar-refractivity contribution in [3.8, 4) is 28.2 Å². The number of non-ortho nitro benzene ring substituents is 1. The maximum Gasteiger partial charge on any atom is 0.338 e. The molecule has 9 nitrogen and oxygen atoms in total. The first-order valence-electron chi connectivity index (χ1n) is 15.8. The number of aromatic nitrogens is 2. The maximum absolute atomic E-state index is 14.4. The Labute approximate surface area is 289 Å². The van der Waals surface area contributed by atoms with Gasteiger partial charge in [0.05, 0.1) is 44.8 Å². The molecule has 0 aliphatic carbocycles. The Hall–Kier alpha value is -6.20. The van der Waals surface area contributed by atoms with Gasteiger partial charge in [0.2, 0.25) is 0 Å². The average Bonchev–Trinajstić information content (AvgIpc) is 3.65. The normalized spacial score (nSPS) is 14.3. The Kier molecular flexibility index (Phi) is 8.65. The van der Waals surface area contributed by atoms with Crippen molar-refractivity contribution in [2.45, 2.75) is 19.9 Å². The lowest BCUT2D eigenvalue weighted by Crippen LogP contribution is -2.39. The highest BCUT2D eigenvalue weighted by atomic mass is 32.1. The van der Waals surface area contributed by atoms with E-state index in [1.165, 1.54) is 40.2 Å². The van der Waals surface area contributed by atoms with Gasteiger partial charge in [-0.2, -0.15) is 0 Å². The van der Waals surface area contributed by atoms with Crippen molar-refractivity contribution in [1.82, 2.24) is 9.13 Å². The van der Waals surface area contributed by atoms with E-state index in [2.05, 4.69) is 4.99 Å². The van der Waals surface area contributed by atoms with Gasteiger partial charge in [-0.05, 0) is 66.9 Å². The van der Waals surface area contributed by atoms with E-state index in [-0.39, 0.29) is 23.4 Å². The summed E-state index contributed by atoms with van der Waals surface area (Å²) in [5.41, 5.74) is 5.50. The first-order chi connectivity index (χ1) is 24.2. The van der Waals surface area contributed by atoms with Crippen molar-refractivity contribution in [2.75, 3.05) is 6.61 Å². The molecular weight excluding hydrogens is 656 g/mol. The van der Waals surface area contributed by atoms with Crippen molar-refractivity contribution >= 4 is 29.1 Å². The minimum atomic E-state index is -0.883. The van der Waals surface area contributed by atoms with Crippen molar-refractivity contribution in [3.05, 3.63) is 173 Å². The summed E-state index contributed by atoms with van der Waals surface area (Å²) in [6.45, 7) is 3.53. The standard InChI is InChI=1S/C39H29FN4O5S/c1-3-49-38(46)34-24(2)41-39-43(36(34)27-14-16-29(40)17-15-27)37(45)33(50-39)23-28-22-32(25-10-6-4-7-11-25)42(35(28)26-12-8-5-9-13-26)30-18-20-31(21-19-30)44(47)48/h4-23,36H,3H2,1-2H3/b33-23-/t36-/m1/s1. The number of nitrogens with zero attached hydrogens (tertiary/aromatic N) is 4. The van der Waals surface area contributed by atoms with E-state index in [1.807, 2.05) is 77.4 Å². The first-order valence-corrected chi connectivity index (χ1v) is 16.6. The molecule has 4 aromatic carbocycles. The Morgan fingerprint density at radius 1 is 0.960 bits per heavy atom. The number of benzene rings is 4. The van der Waals surface area contributed by atoms with Crippen LogP contribution in [0.15, 0.2) is 136 Å². The van der Waals surface area contributed by atoms with E-state index in [0.29, 0.717) is 26.3 Å². The largest absolute Gasteiger partial charge is 0.463 e. The molecule has 248 valence electrons. The molecule has 0 saturated heterocycles. The summed E-state index contributed by atoms with van der Waals surface area (Å²) in [6.07, 6.45) is 1.81. The lowest BCUT2D eigenvalue weighted by Gasteiger charge is -2.24. The van der Waals surface area contributed by atoms with Crippen LogP contribution in [0, 0.1) is 15.9 Å². The zero-order valence-electron chi connectivity index (χ0n) is 26.9. The van der Waals surface area contributed by atoms with Crippen LogP contribution in [0.2, 0.25) is 0 Å². The fourth-order valence-corrected chi connectivity index (χ4v) is 7.28. The van der Waals surface area contributed by atoms with Crippen LogP contribution in [0.3, 0.4) is 0 Å². The molecule has 3 heterocycles. The second-order valence-electron chi connectivity index (χ2n) is 11.5. The SMILES string of the molecule is CCOC(=O)C1=C(C)N=c2s/c(=C\c3cc(-c4ccccc4)n(-c4ccc([N+](=O)[O-])cc4)c3-c3ccccc3)c(=O)n2[C@@H]1c1ccc(F)cc1. The Bertz CT molecular complexity index is 2470. The predicted octanol–water partition coefficient (Wildman–Crippen LogP) is 6.97. The second-order valence-corrected chi connectivity index (χ2v) is 12.5. The van der Waals surface area contributed by atoms with Gasteiger partial charge in [-0.15, -0.1) is 0 Å². The molecule has 0 spiro atoms. The second kappa shape index (κ2) is 13.4. The predicted molar refractivity (Wildman–Crippen MR) is 190 cm³/mol. The van der Waals surface area contributed by atoms with Gasteiger partial charge in [0.25, 0.3) is 11.2 Å². The number of rotatable bonds is 8. The van der Waals surface area contributed by atoms with Crippen molar-refractivity contribution in [3.63, 3.8) is 0 Å². The zero-order valence-corrected chi connectivity index (χ0v) is 27.8. The number of nitro groups is 1. The number of fused-ring (bicyclic) bond motifs is 1. The Morgan fingerprint density at radius 3 is 2.22 bits per heavy atom. The molecule has 7 rings (SSSR count). The van der Waals surface area contributed by atoms with E-state index in [0.717, 1.165) is 28.1 Å². The molecule has 0 bridgehead atoms. The molecule has 11 heteroatoms. The molecule has 2 aromatic heterocycles. The third-order valence-electron chi connectivity index (χ3n) is 8.46. The monoisotopic (exact) mass is 684 g/mol. The first kappa shape index (κ1) is 32.4. The van der Waals surface area contributed by atoms with Crippen molar-refractivity contribution in [2.24, 2.45) is 4.99 Å². The van der Waals surface area contributed by atoms with Gasteiger partial charge in [0.1, 0.15) is 5.82 Å². The lowest BCUT2D eigenvalue weighted by atomic mass is 9.96. The van der Waals surface area contributed by atoms with Gasteiger partial charge < -0.3 is 9.30 Å². The number of carbonyl (C=O) groups excluding carboxylic acids is 1. The number of hydrogen-bond acceptors (Lipinski definition) is 7. The smallest absolute Gasteiger partial charge is 0.338 e. The van der Waals surface area contributed by atoms with Crippen LogP contribution < -0.4 is 14.9 Å². The highest BCUT2D eigenvalue weighted by molar-refractivity contribution is 7.07. The molecule has 1 aliphatic heterocycles. The molecule has 0 saturated carbocycles. The van der Waals surface area contributed by atoms with Crippen LogP contribution in [-0.4, -0.2) is 26.6 Å². The summed E-state index contributed by atoms with van der Waals surface area (Å²) in [7, 11) is 0. The summed E-state index contributed by atoms with van der Waals surface area (Å²) in [5.74, 6) is -1.05. The molecule has 1 atom stereocenters. The quantitative estimate of drug-likeness (QED) is 0.0978. The number of ether oxygens (including phenoxy) is 1. The van der Waals surface area contributed by atoms with Gasteiger partial charge in [-0.1, -0.05) is 84.1 Å². The van der Waals surface area contributed by atoms with Crippen LogP contribution in [0.25, 0.3) is 34.3 Å². The van der Waals surface area contributed by atoms with Crippen molar-refractivity contribution in [1.29, 1.82) is 0 Å². The van der Waals surface area contributed by atoms with E-state index in [4.69, 9.17) is 4.74 Å². The number of allylic oxidation sites excluding steroid dienone is 1. The van der Waals surface area contributed by atoms with Crippen LogP contribution >= 0.6 is 11.3 Å². The third kappa shape index (κ3) is 5.88. The van der Waals surface area contributed by atoms with Gasteiger partial charge in [0, 0.05) is 23.4 Å². The molecule has 0 N–H and O–H groups in total. The Balaban J connectivity index is 1.50. The molecule has 1 aliphatic rings. The Morgan fingerprint density at radius 2 is 1.60 bits per heavy atom. The summed E-state index contributed by atoms with van der Waals surface area (Å²) in [5, 5.41) is 11.5. The summed E-state index contributed by atoms with van der Waals surface area (Å²) in [6, 6.07) is 32.6. The maximum atomic E-state index is 14.4. The number of thiazole rings is 1. The van der Waals surface area contributed by atoms with Crippen LogP contribution in [0.5, 0.6) is 0 Å². The van der Waals surface area contributed by atoms with E-state index in [9.17, 15) is 24.1 Å². The third-order valence-corrected chi connectivity index (χ3v) is 9.44. The van der Waals surface area contributed by atoms with Gasteiger partial charge >= 0.3 is 5.97 Å². The van der Waals surface area contributed by atoms with Crippen LogP contribution in [0.1, 0.15) is 31.0 Å². The number of halogens is 1. The van der Waals surface area contributed by atoms with Crippen LogP contribution in [0.4, 0.5) is 10.1 Å². The molecule has 50 heavy (non-hydrogen) atoms. The summed E-state index contributed by atoms with van der Waals surface area (Å²) >= 11 is 1.19. The fourth-order valence-electron chi connectivity index (χ4n) is 6.24. The minimum Gasteiger partial charge on any atom is -0.463 e. The number of carbonyl (C=O) groups is 1. The molecule has 0 amide bonds. The molecule has 6 aromatic rings. The highest BCUT2D eigenvalue weighted by Gasteiger charge is 2.33. The van der Waals surface area contributed by atoms with E-state index in [1.54, 1.807) is 38.1 Å². The van der Waals surface area contributed by atoms with Crippen LogP contribution in [-0.2, 0) is 9.53 Å². The van der Waals surface area contributed by atoms with E-state index < -0.39 is 22.8 Å². The van der Waals surface area contributed by atoms with Gasteiger partial charge in [-0.25, -0.2) is 14.2 Å². The molecular formula is C39H29FN4O5S. The number of nitro benzene ring substituents is 1. The van der Waals surface area contributed by atoms with E-state index >= 15 is 0 Å². The topological polar surface area (TPSA) is 109 Å². The summed E-state index contributed by atoms with van der Waals surface area (Å²) < 4.78 is 23.3. The zero-order chi connectivity index (χ0) is 34.9. The molecule has 0 fully saturated rings. The molecule has 0 unspecified atom stereocenters. The fraction of sp³-hybridized carbons (Fsp3) is 0.103. The molecule has 0 radical (unpaired) electrons. The number of hydrogen-bond donors (Lipinski definition) is 0. The number of esters is 1. The summed E-state index contributed by atoms with van der Waals surface area (Å²) in [4.78, 5) is 43.8. The minimum absolute atomic E-state index is 0.0297. The van der Waals surface area contributed by atoms with Crippen molar-refractivity contribution < 1.29 is 18.8 Å². The average molecular weight is 685 g/mol. The van der Waals surface area contributed by atoms with Gasteiger partial charge in [-0.3, -0.25) is 19.5 Å². The highest BCUT2D eigenvalue weighted by Crippen LogP contribution is 2.37.